The molecule has 7 nitrogen and oxygen atoms in total. The second-order valence-corrected chi connectivity index (χ2v) is 6.65. The maximum absolute atomic E-state index is 13.0. The summed E-state index contributed by atoms with van der Waals surface area (Å²) in [6.07, 6.45) is 5.29. The summed E-state index contributed by atoms with van der Waals surface area (Å²) in [5, 5.41) is 12.3. The van der Waals surface area contributed by atoms with Gasteiger partial charge in [0, 0.05) is 30.6 Å². The Labute approximate surface area is 157 Å². The average Bonchev–Trinajstić information content (AvgIpc) is 3.24. The van der Waals surface area contributed by atoms with Crippen molar-refractivity contribution in [1.82, 2.24) is 24.9 Å². The van der Waals surface area contributed by atoms with E-state index in [9.17, 15) is 4.79 Å². The summed E-state index contributed by atoms with van der Waals surface area (Å²) in [5.41, 5.74) is 2.37. The van der Waals surface area contributed by atoms with Crippen LogP contribution in [0, 0.1) is 6.92 Å². The minimum absolute atomic E-state index is 0.00676. The van der Waals surface area contributed by atoms with E-state index in [1.807, 2.05) is 60.5 Å². The minimum Gasteiger partial charge on any atom is -0.471 e. The van der Waals surface area contributed by atoms with Crippen LogP contribution in [-0.2, 0) is 0 Å². The van der Waals surface area contributed by atoms with Crippen molar-refractivity contribution in [3.05, 3.63) is 66.1 Å². The van der Waals surface area contributed by atoms with Gasteiger partial charge in [-0.05, 0) is 50.1 Å². The lowest BCUT2D eigenvalue weighted by molar-refractivity contribution is 0.0525. The maximum atomic E-state index is 13.0. The van der Waals surface area contributed by atoms with Crippen LogP contribution in [0.4, 0.5) is 0 Å². The van der Waals surface area contributed by atoms with Crippen molar-refractivity contribution in [2.24, 2.45) is 0 Å². The molecule has 138 valence electrons. The summed E-state index contributed by atoms with van der Waals surface area (Å²) >= 11 is 0. The number of hydrogen-bond donors (Lipinski definition) is 0. The van der Waals surface area contributed by atoms with Gasteiger partial charge in [-0.3, -0.25) is 4.79 Å². The second-order valence-electron chi connectivity index (χ2n) is 6.65. The lowest BCUT2D eigenvalue weighted by Gasteiger charge is -2.32. The third-order valence-corrected chi connectivity index (χ3v) is 4.59. The van der Waals surface area contributed by atoms with Gasteiger partial charge in [0.25, 0.3) is 5.91 Å². The number of ether oxygens (including phenoxy) is 1. The van der Waals surface area contributed by atoms with Gasteiger partial charge in [0.15, 0.2) is 0 Å². The fourth-order valence-corrected chi connectivity index (χ4v) is 3.22. The van der Waals surface area contributed by atoms with Crippen molar-refractivity contribution in [2.75, 3.05) is 13.1 Å². The first-order valence-corrected chi connectivity index (χ1v) is 9.05. The highest BCUT2D eigenvalue weighted by Crippen LogP contribution is 2.19. The SMILES string of the molecule is Cc1ccc(OC2CCCN(C(=O)c3cccc(-n4cccn4)c3)C2)nn1. The number of piperidine rings is 1. The third-order valence-electron chi connectivity index (χ3n) is 4.59. The Balaban J connectivity index is 1.45. The molecule has 1 saturated heterocycles. The second kappa shape index (κ2) is 7.57. The highest BCUT2D eigenvalue weighted by atomic mass is 16.5. The fraction of sp³-hybridized carbons (Fsp3) is 0.300. The molecule has 1 atom stereocenters. The number of amides is 1. The molecule has 0 N–H and O–H groups in total. The van der Waals surface area contributed by atoms with E-state index < -0.39 is 0 Å². The number of rotatable bonds is 4. The summed E-state index contributed by atoms with van der Waals surface area (Å²) in [4.78, 5) is 14.8. The van der Waals surface area contributed by atoms with E-state index >= 15 is 0 Å². The van der Waals surface area contributed by atoms with E-state index in [0.29, 0.717) is 18.0 Å². The smallest absolute Gasteiger partial charge is 0.254 e. The lowest BCUT2D eigenvalue weighted by Crippen LogP contribution is -2.44. The maximum Gasteiger partial charge on any atom is 0.254 e. The van der Waals surface area contributed by atoms with Crippen molar-refractivity contribution in [2.45, 2.75) is 25.9 Å². The Morgan fingerprint density at radius 3 is 2.89 bits per heavy atom. The quantitative estimate of drug-likeness (QED) is 0.712. The van der Waals surface area contributed by atoms with E-state index in [0.717, 1.165) is 30.8 Å². The Morgan fingerprint density at radius 1 is 1.19 bits per heavy atom. The first-order chi connectivity index (χ1) is 13.2. The molecule has 7 heteroatoms. The number of likely N-dealkylation sites (tertiary alicyclic amines) is 1. The zero-order valence-corrected chi connectivity index (χ0v) is 15.2. The zero-order valence-electron chi connectivity index (χ0n) is 15.2. The zero-order chi connectivity index (χ0) is 18.6. The van der Waals surface area contributed by atoms with Gasteiger partial charge in [0.1, 0.15) is 6.10 Å². The number of benzene rings is 1. The van der Waals surface area contributed by atoms with Crippen LogP contribution in [0.3, 0.4) is 0 Å². The van der Waals surface area contributed by atoms with E-state index in [-0.39, 0.29) is 12.0 Å². The highest BCUT2D eigenvalue weighted by Gasteiger charge is 2.26. The van der Waals surface area contributed by atoms with Crippen LogP contribution >= 0.6 is 0 Å². The van der Waals surface area contributed by atoms with Gasteiger partial charge in [-0.2, -0.15) is 10.2 Å². The van der Waals surface area contributed by atoms with E-state index in [4.69, 9.17) is 4.74 Å². The van der Waals surface area contributed by atoms with Gasteiger partial charge in [-0.1, -0.05) is 6.07 Å². The molecule has 4 rings (SSSR count). The molecule has 0 aliphatic carbocycles. The van der Waals surface area contributed by atoms with Crippen molar-refractivity contribution < 1.29 is 9.53 Å². The Hall–Kier alpha value is -3.22. The first kappa shape index (κ1) is 17.2. The van der Waals surface area contributed by atoms with Crippen LogP contribution in [0.25, 0.3) is 5.69 Å². The van der Waals surface area contributed by atoms with Crippen molar-refractivity contribution in [1.29, 1.82) is 0 Å². The van der Waals surface area contributed by atoms with Crippen LogP contribution < -0.4 is 4.74 Å². The summed E-state index contributed by atoms with van der Waals surface area (Å²) in [5.74, 6) is 0.507. The Morgan fingerprint density at radius 2 is 2.11 bits per heavy atom. The number of hydrogen-bond acceptors (Lipinski definition) is 5. The first-order valence-electron chi connectivity index (χ1n) is 9.05. The molecular weight excluding hydrogens is 342 g/mol. The van der Waals surface area contributed by atoms with E-state index in [1.54, 1.807) is 10.9 Å². The van der Waals surface area contributed by atoms with Gasteiger partial charge in [0.2, 0.25) is 5.88 Å². The molecule has 3 aromatic rings. The molecule has 27 heavy (non-hydrogen) atoms. The van der Waals surface area contributed by atoms with Gasteiger partial charge < -0.3 is 9.64 Å². The van der Waals surface area contributed by atoms with E-state index in [1.165, 1.54) is 0 Å². The van der Waals surface area contributed by atoms with Crippen molar-refractivity contribution in [3.63, 3.8) is 0 Å². The average molecular weight is 363 g/mol. The lowest BCUT2D eigenvalue weighted by atomic mass is 10.1. The fourth-order valence-electron chi connectivity index (χ4n) is 3.22. The summed E-state index contributed by atoms with van der Waals surface area (Å²) in [6.45, 7) is 3.15. The summed E-state index contributed by atoms with van der Waals surface area (Å²) in [6, 6.07) is 13.1. The van der Waals surface area contributed by atoms with Crippen LogP contribution in [0.1, 0.15) is 28.9 Å². The Kier molecular flexibility index (Phi) is 4.82. The highest BCUT2D eigenvalue weighted by molar-refractivity contribution is 5.94. The monoisotopic (exact) mass is 363 g/mol. The van der Waals surface area contributed by atoms with Gasteiger partial charge >= 0.3 is 0 Å². The van der Waals surface area contributed by atoms with Crippen molar-refractivity contribution in [3.8, 4) is 11.6 Å². The predicted molar refractivity (Wildman–Crippen MR) is 99.9 cm³/mol. The van der Waals surface area contributed by atoms with Crippen molar-refractivity contribution >= 4 is 5.91 Å². The Bertz CT molecular complexity index is 908. The summed E-state index contributed by atoms with van der Waals surface area (Å²) < 4.78 is 7.67. The van der Waals surface area contributed by atoms with Crippen LogP contribution in [0.2, 0.25) is 0 Å². The molecule has 0 radical (unpaired) electrons. The molecule has 1 fully saturated rings. The van der Waals surface area contributed by atoms with Gasteiger partial charge in [-0.25, -0.2) is 4.68 Å². The molecule has 1 amide bonds. The van der Waals surface area contributed by atoms with Gasteiger partial charge in [-0.15, -0.1) is 5.10 Å². The minimum atomic E-state index is -0.0750. The van der Waals surface area contributed by atoms with Gasteiger partial charge in [0.05, 0.1) is 17.9 Å². The molecule has 0 spiro atoms. The normalized spacial score (nSPS) is 16.9. The number of aromatic nitrogens is 4. The number of nitrogens with zero attached hydrogens (tertiary/aromatic N) is 5. The number of carbonyl (C=O) groups is 1. The standard InChI is InChI=1S/C20H21N5O2/c1-15-8-9-19(23-22-15)27-18-7-3-11-24(14-18)20(26)16-5-2-6-17(13-16)25-12-4-10-21-25/h2,4-6,8-10,12-13,18H,3,7,11,14H2,1H3. The molecule has 1 aromatic carbocycles. The molecule has 1 unspecified atom stereocenters. The molecule has 1 aliphatic heterocycles. The molecular formula is C20H21N5O2. The number of aryl methyl sites for hydroxylation is 1. The molecule has 1 aliphatic rings. The topological polar surface area (TPSA) is 73.1 Å². The molecule has 3 heterocycles. The molecule has 0 bridgehead atoms. The number of carbonyl (C=O) groups excluding carboxylic acids is 1. The third kappa shape index (κ3) is 3.97. The molecule has 0 saturated carbocycles. The molecule has 2 aromatic heterocycles. The van der Waals surface area contributed by atoms with Crippen LogP contribution in [0.15, 0.2) is 54.9 Å². The van der Waals surface area contributed by atoms with Crippen LogP contribution in [-0.4, -0.2) is 50.0 Å². The van der Waals surface area contributed by atoms with E-state index in [2.05, 4.69) is 15.3 Å². The van der Waals surface area contributed by atoms with Crippen LogP contribution in [0.5, 0.6) is 5.88 Å². The summed E-state index contributed by atoms with van der Waals surface area (Å²) in [7, 11) is 0. The largest absolute Gasteiger partial charge is 0.471 e. The predicted octanol–water partition coefficient (Wildman–Crippen LogP) is 2.65.